The number of nitriles is 1. The minimum absolute atomic E-state index is 0.147. The molecule has 0 heterocycles. The first kappa shape index (κ1) is 24.5. The zero-order valence-corrected chi connectivity index (χ0v) is 18.9. The number of nitrogens with zero attached hydrogens (tertiary/aromatic N) is 1. The summed E-state index contributed by atoms with van der Waals surface area (Å²) in [4.78, 5) is 24.0. The summed E-state index contributed by atoms with van der Waals surface area (Å²) in [5, 5.41) is 9.16. The van der Waals surface area contributed by atoms with Crippen LogP contribution in [0.1, 0.15) is 43.4 Å². The predicted molar refractivity (Wildman–Crippen MR) is 120 cm³/mol. The summed E-state index contributed by atoms with van der Waals surface area (Å²) in [5.74, 6) is 0.143. The number of benzene rings is 2. The number of rotatable bonds is 9. The van der Waals surface area contributed by atoms with Crippen LogP contribution in [0.4, 0.5) is 0 Å². The van der Waals surface area contributed by atoms with E-state index in [1.807, 2.05) is 31.2 Å². The molecule has 7 nitrogen and oxygen atoms in total. The van der Waals surface area contributed by atoms with E-state index in [0.717, 1.165) is 5.56 Å². The van der Waals surface area contributed by atoms with Crippen LogP contribution >= 0.6 is 0 Å². The second-order valence-electron chi connectivity index (χ2n) is 7.24. The van der Waals surface area contributed by atoms with Crippen molar-refractivity contribution >= 4 is 18.0 Å². The van der Waals surface area contributed by atoms with E-state index in [9.17, 15) is 9.59 Å². The van der Waals surface area contributed by atoms with Crippen molar-refractivity contribution in [1.82, 2.24) is 0 Å². The van der Waals surface area contributed by atoms with Gasteiger partial charge in [-0.2, -0.15) is 5.26 Å². The Hall–Kier alpha value is -3.79. The molecule has 0 saturated heterocycles. The largest absolute Gasteiger partial charge is 0.493 e. The highest BCUT2D eigenvalue weighted by molar-refractivity contribution is 5.98. The quantitative estimate of drug-likeness (QED) is 0.245. The topological polar surface area (TPSA) is 94.9 Å². The van der Waals surface area contributed by atoms with Gasteiger partial charge in [-0.1, -0.05) is 26.0 Å². The van der Waals surface area contributed by atoms with E-state index in [4.69, 9.17) is 24.2 Å². The first-order valence-electron chi connectivity index (χ1n) is 10.2. The number of esters is 2. The molecule has 0 fully saturated rings. The molecule has 0 aliphatic carbocycles. The molecule has 2 aromatic rings. The average Bonchev–Trinajstić information content (AvgIpc) is 2.76. The molecule has 0 atom stereocenters. The highest BCUT2D eigenvalue weighted by Gasteiger charge is 2.14. The Bertz CT molecular complexity index is 1050. The van der Waals surface area contributed by atoms with Crippen molar-refractivity contribution in [3.05, 3.63) is 58.7 Å². The average molecular weight is 437 g/mol. The van der Waals surface area contributed by atoms with Gasteiger partial charge < -0.3 is 18.9 Å². The number of hydrogen-bond donors (Lipinski definition) is 0. The summed E-state index contributed by atoms with van der Waals surface area (Å²) < 4.78 is 21.0. The lowest BCUT2D eigenvalue weighted by molar-refractivity contribution is -0.138. The van der Waals surface area contributed by atoms with Crippen molar-refractivity contribution < 1.29 is 28.5 Å². The molecule has 0 amide bonds. The smallest absolute Gasteiger partial charge is 0.349 e. The van der Waals surface area contributed by atoms with Gasteiger partial charge in [0.05, 0.1) is 13.7 Å². The van der Waals surface area contributed by atoms with Crippen LogP contribution in [0.3, 0.4) is 0 Å². The van der Waals surface area contributed by atoms with E-state index in [2.05, 4.69) is 13.8 Å². The van der Waals surface area contributed by atoms with E-state index in [0.29, 0.717) is 17.2 Å². The Morgan fingerprint density at radius 1 is 1.12 bits per heavy atom. The molecule has 0 unspecified atom stereocenters. The van der Waals surface area contributed by atoms with Gasteiger partial charge in [0, 0.05) is 0 Å². The van der Waals surface area contributed by atoms with Gasteiger partial charge in [0.2, 0.25) is 0 Å². The fourth-order valence-electron chi connectivity index (χ4n) is 3.05. The third-order valence-electron chi connectivity index (χ3n) is 4.56. The van der Waals surface area contributed by atoms with Crippen molar-refractivity contribution in [2.24, 2.45) is 0 Å². The summed E-state index contributed by atoms with van der Waals surface area (Å²) in [6, 6.07) is 12.2. The van der Waals surface area contributed by atoms with E-state index < -0.39 is 11.9 Å². The summed E-state index contributed by atoms with van der Waals surface area (Å²) in [6.45, 7) is 7.79. The Kier molecular flexibility index (Phi) is 8.84. The SMILES string of the molecule is CCOC(=O)/C(C#N)=C/c1ccc(OC(=O)COc2ccc(C(C)C)c(C)c2)c(OC)c1. The molecule has 0 aromatic heterocycles. The van der Waals surface area contributed by atoms with Crippen LogP contribution in [0.2, 0.25) is 0 Å². The third-order valence-corrected chi connectivity index (χ3v) is 4.56. The Morgan fingerprint density at radius 3 is 2.47 bits per heavy atom. The monoisotopic (exact) mass is 437 g/mol. The van der Waals surface area contributed by atoms with Gasteiger partial charge in [-0.05, 0) is 66.8 Å². The van der Waals surface area contributed by atoms with E-state index in [1.54, 1.807) is 19.1 Å². The summed E-state index contributed by atoms with van der Waals surface area (Å²) in [7, 11) is 1.42. The lowest BCUT2D eigenvalue weighted by Gasteiger charge is -2.13. The first-order chi connectivity index (χ1) is 15.3. The van der Waals surface area contributed by atoms with Gasteiger partial charge in [0.15, 0.2) is 18.1 Å². The Balaban J connectivity index is 2.07. The number of aryl methyl sites for hydroxylation is 1. The van der Waals surface area contributed by atoms with Gasteiger partial charge in [-0.25, -0.2) is 9.59 Å². The van der Waals surface area contributed by atoms with Gasteiger partial charge >= 0.3 is 11.9 Å². The molecule has 2 rings (SSSR count). The summed E-state index contributed by atoms with van der Waals surface area (Å²) >= 11 is 0. The highest BCUT2D eigenvalue weighted by atomic mass is 16.6. The minimum atomic E-state index is -0.710. The van der Waals surface area contributed by atoms with Crippen LogP contribution in [0.5, 0.6) is 17.2 Å². The first-order valence-corrected chi connectivity index (χ1v) is 10.2. The van der Waals surface area contributed by atoms with E-state index in [-0.39, 0.29) is 30.3 Å². The highest BCUT2D eigenvalue weighted by Crippen LogP contribution is 2.29. The van der Waals surface area contributed by atoms with Crippen LogP contribution in [0, 0.1) is 18.3 Å². The van der Waals surface area contributed by atoms with Crippen molar-refractivity contribution in [3.8, 4) is 23.3 Å². The fraction of sp³-hybridized carbons (Fsp3) is 0.320. The van der Waals surface area contributed by atoms with Gasteiger partial charge in [0.1, 0.15) is 17.4 Å². The number of hydrogen-bond acceptors (Lipinski definition) is 7. The molecule has 0 radical (unpaired) electrons. The Morgan fingerprint density at radius 2 is 1.88 bits per heavy atom. The number of carbonyl (C=O) groups is 2. The molecule has 0 spiro atoms. The second-order valence-corrected chi connectivity index (χ2v) is 7.24. The predicted octanol–water partition coefficient (Wildman–Crippen LogP) is 4.58. The lowest BCUT2D eigenvalue weighted by atomic mass is 9.98. The molecule has 0 aliphatic heterocycles. The maximum Gasteiger partial charge on any atom is 0.349 e. The number of carbonyl (C=O) groups excluding carboxylic acids is 2. The van der Waals surface area contributed by atoms with Gasteiger partial charge in [-0.15, -0.1) is 0 Å². The maximum absolute atomic E-state index is 12.3. The van der Waals surface area contributed by atoms with Crippen LogP contribution < -0.4 is 14.2 Å². The molecule has 7 heteroatoms. The van der Waals surface area contributed by atoms with Crippen LogP contribution in [0.15, 0.2) is 42.0 Å². The van der Waals surface area contributed by atoms with E-state index in [1.165, 1.54) is 24.8 Å². The molecule has 32 heavy (non-hydrogen) atoms. The molecular weight excluding hydrogens is 410 g/mol. The zero-order chi connectivity index (χ0) is 23.7. The van der Waals surface area contributed by atoms with Crippen molar-refractivity contribution in [2.75, 3.05) is 20.3 Å². The number of methoxy groups -OCH3 is 1. The third kappa shape index (κ3) is 6.61. The van der Waals surface area contributed by atoms with Gasteiger partial charge in [-0.3, -0.25) is 0 Å². The molecule has 168 valence electrons. The fourth-order valence-corrected chi connectivity index (χ4v) is 3.05. The normalized spacial score (nSPS) is 11.0. The standard InChI is InChI=1S/C25H27NO6/c1-6-30-25(28)19(14-26)12-18-7-10-22(23(13-18)29-5)32-24(27)15-31-20-8-9-21(16(2)3)17(4)11-20/h7-13,16H,6,15H2,1-5H3/b19-12+. The van der Waals surface area contributed by atoms with E-state index >= 15 is 0 Å². The maximum atomic E-state index is 12.3. The van der Waals surface area contributed by atoms with Crippen molar-refractivity contribution in [1.29, 1.82) is 5.26 Å². The van der Waals surface area contributed by atoms with Gasteiger partial charge in [0.25, 0.3) is 0 Å². The zero-order valence-electron chi connectivity index (χ0n) is 18.9. The molecule has 0 saturated carbocycles. The molecular formula is C25H27NO6. The summed E-state index contributed by atoms with van der Waals surface area (Å²) in [6.07, 6.45) is 1.37. The molecule has 0 N–H and O–H groups in total. The van der Waals surface area contributed by atoms with Crippen molar-refractivity contribution in [3.63, 3.8) is 0 Å². The molecule has 0 bridgehead atoms. The molecule has 2 aromatic carbocycles. The number of ether oxygens (including phenoxy) is 4. The van der Waals surface area contributed by atoms with Crippen LogP contribution in [-0.2, 0) is 14.3 Å². The lowest BCUT2D eigenvalue weighted by Crippen LogP contribution is -2.18. The van der Waals surface area contributed by atoms with Crippen LogP contribution in [-0.4, -0.2) is 32.3 Å². The minimum Gasteiger partial charge on any atom is -0.493 e. The Labute approximate surface area is 188 Å². The van der Waals surface area contributed by atoms with Crippen LogP contribution in [0.25, 0.3) is 6.08 Å². The summed E-state index contributed by atoms with van der Waals surface area (Å²) in [5.41, 5.74) is 2.69. The molecule has 0 aliphatic rings. The second kappa shape index (κ2) is 11.6. The van der Waals surface area contributed by atoms with Crippen molar-refractivity contribution in [2.45, 2.75) is 33.6 Å².